The van der Waals surface area contributed by atoms with Crippen LogP contribution in [0.3, 0.4) is 0 Å². The molecule has 1 heterocycles. The Morgan fingerprint density at radius 3 is 2.81 bits per heavy atom. The van der Waals surface area contributed by atoms with Crippen molar-refractivity contribution >= 4 is 28.4 Å². The SMILES string of the molecule is CCC(C)(C)NC(=O)Cn1cnc2cc(Cl)ccc2c1=O. The summed E-state index contributed by atoms with van der Waals surface area (Å²) in [5, 5.41) is 3.86. The molecule has 0 unspecified atom stereocenters. The van der Waals surface area contributed by atoms with Gasteiger partial charge in [0.25, 0.3) is 5.56 Å². The first-order valence-corrected chi connectivity index (χ1v) is 7.16. The minimum atomic E-state index is -0.293. The molecule has 21 heavy (non-hydrogen) atoms. The molecule has 6 heteroatoms. The number of aromatic nitrogens is 2. The Bertz CT molecular complexity index is 737. The fourth-order valence-electron chi connectivity index (χ4n) is 1.90. The van der Waals surface area contributed by atoms with Crippen LogP contribution in [-0.4, -0.2) is 21.0 Å². The fraction of sp³-hybridized carbons (Fsp3) is 0.400. The number of rotatable bonds is 4. The van der Waals surface area contributed by atoms with Crippen LogP contribution in [0.15, 0.2) is 29.3 Å². The molecule has 0 aliphatic heterocycles. The van der Waals surface area contributed by atoms with Crippen molar-refractivity contribution in [2.24, 2.45) is 0 Å². The van der Waals surface area contributed by atoms with E-state index in [0.29, 0.717) is 15.9 Å². The number of fused-ring (bicyclic) bond motifs is 1. The van der Waals surface area contributed by atoms with E-state index in [2.05, 4.69) is 10.3 Å². The monoisotopic (exact) mass is 307 g/mol. The highest BCUT2D eigenvalue weighted by atomic mass is 35.5. The van der Waals surface area contributed by atoms with Gasteiger partial charge in [-0.1, -0.05) is 18.5 Å². The first kappa shape index (κ1) is 15.5. The van der Waals surface area contributed by atoms with E-state index >= 15 is 0 Å². The summed E-state index contributed by atoms with van der Waals surface area (Å²) in [6.07, 6.45) is 2.18. The predicted molar refractivity (Wildman–Crippen MR) is 83.5 cm³/mol. The smallest absolute Gasteiger partial charge is 0.261 e. The largest absolute Gasteiger partial charge is 0.350 e. The zero-order valence-electron chi connectivity index (χ0n) is 12.3. The van der Waals surface area contributed by atoms with Gasteiger partial charge in [0.05, 0.1) is 17.2 Å². The van der Waals surface area contributed by atoms with E-state index in [4.69, 9.17) is 11.6 Å². The fourth-order valence-corrected chi connectivity index (χ4v) is 2.07. The summed E-state index contributed by atoms with van der Waals surface area (Å²) < 4.78 is 1.30. The van der Waals surface area contributed by atoms with E-state index in [1.807, 2.05) is 20.8 Å². The van der Waals surface area contributed by atoms with Crippen LogP contribution in [0.4, 0.5) is 0 Å². The van der Waals surface area contributed by atoms with Crippen molar-refractivity contribution < 1.29 is 4.79 Å². The van der Waals surface area contributed by atoms with Gasteiger partial charge in [-0.3, -0.25) is 14.2 Å². The van der Waals surface area contributed by atoms with Crippen molar-refractivity contribution in [3.8, 4) is 0 Å². The molecule has 1 aromatic carbocycles. The third-order valence-corrected chi connectivity index (χ3v) is 3.70. The molecule has 2 aromatic rings. The standard InChI is InChI=1S/C15H18ClN3O2/c1-4-15(2,3)18-13(20)8-19-9-17-12-7-10(16)5-6-11(12)14(19)21/h5-7,9H,4,8H2,1-3H3,(H,18,20). The third kappa shape index (κ3) is 3.61. The Labute approximate surface area is 127 Å². The highest BCUT2D eigenvalue weighted by Gasteiger charge is 2.18. The van der Waals surface area contributed by atoms with Crippen molar-refractivity contribution in [1.82, 2.24) is 14.9 Å². The van der Waals surface area contributed by atoms with Gasteiger partial charge in [-0.15, -0.1) is 0 Å². The van der Waals surface area contributed by atoms with Gasteiger partial charge in [0.15, 0.2) is 0 Å². The Morgan fingerprint density at radius 2 is 2.14 bits per heavy atom. The first-order valence-electron chi connectivity index (χ1n) is 6.78. The molecule has 0 aliphatic carbocycles. The maximum atomic E-state index is 12.3. The lowest BCUT2D eigenvalue weighted by atomic mass is 10.0. The number of carbonyl (C=O) groups excluding carboxylic acids is 1. The van der Waals surface area contributed by atoms with E-state index in [9.17, 15) is 9.59 Å². The molecule has 0 saturated heterocycles. The number of hydrogen-bond acceptors (Lipinski definition) is 3. The first-order chi connectivity index (χ1) is 9.82. The zero-order valence-corrected chi connectivity index (χ0v) is 13.1. The number of nitrogens with one attached hydrogen (secondary N) is 1. The predicted octanol–water partition coefficient (Wildman–Crippen LogP) is 2.35. The van der Waals surface area contributed by atoms with E-state index in [0.717, 1.165) is 6.42 Å². The molecule has 112 valence electrons. The number of halogens is 1. The second kappa shape index (κ2) is 5.85. The van der Waals surface area contributed by atoms with Crippen LogP contribution in [0.2, 0.25) is 5.02 Å². The van der Waals surface area contributed by atoms with Gasteiger partial charge in [-0.25, -0.2) is 4.98 Å². The highest BCUT2D eigenvalue weighted by Crippen LogP contribution is 2.14. The molecular formula is C15H18ClN3O2. The summed E-state index contributed by atoms with van der Waals surface area (Å²) in [4.78, 5) is 28.5. The van der Waals surface area contributed by atoms with Crippen LogP contribution in [0.25, 0.3) is 10.9 Å². The molecular weight excluding hydrogens is 290 g/mol. The van der Waals surface area contributed by atoms with Gasteiger partial charge in [-0.2, -0.15) is 0 Å². The molecule has 0 bridgehead atoms. The van der Waals surface area contributed by atoms with E-state index in [-0.39, 0.29) is 23.6 Å². The maximum Gasteiger partial charge on any atom is 0.261 e. The topological polar surface area (TPSA) is 64.0 Å². The van der Waals surface area contributed by atoms with Crippen molar-refractivity contribution in [2.75, 3.05) is 0 Å². The van der Waals surface area contributed by atoms with Crippen LogP contribution in [-0.2, 0) is 11.3 Å². The van der Waals surface area contributed by atoms with Crippen LogP contribution in [0, 0.1) is 0 Å². The van der Waals surface area contributed by atoms with Crippen molar-refractivity contribution in [3.05, 3.63) is 39.9 Å². The number of benzene rings is 1. The summed E-state index contributed by atoms with van der Waals surface area (Å²) in [5.74, 6) is -0.209. The van der Waals surface area contributed by atoms with Crippen molar-refractivity contribution in [2.45, 2.75) is 39.3 Å². The molecule has 0 aliphatic rings. The van der Waals surface area contributed by atoms with E-state index < -0.39 is 0 Å². The Kier molecular flexibility index (Phi) is 4.32. The van der Waals surface area contributed by atoms with Crippen molar-refractivity contribution in [3.63, 3.8) is 0 Å². The summed E-state index contributed by atoms with van der Waals surface area (Å²) in [6, 6.07) is 4.89. The minimum Gasteiger partial charge on any atom is -0.350 e. The van der Waals surface area contributed by atoms with Gasteiger partial charge in [0, 0.05) is 10.6 Å². The summed E-state index contributed by atoms with van der Waals surface area (Å²) >= 11 is 5.87. The van der Waals surface area contributed by atoms with Gasteiger partial charge >= 0.3 is 0 Å². The molecule has 5 nitrogen and oxygen atoms in total. The highest BCUT2D eigenvalue weighted by molar-refractivity contribution is 6.31. The van der Waals surface area contributed by atoms with Gasteiger partial charge in [0.1, 0.15) is 6.54 Å². The average Bonchev–Trinajstić information content (AvgIpc) is 2.41. The zero-order chi connectivity index (χ0) is 15.6. The Hall–Kier alpha value is -1.88. The number of hydrogen-bond donors (Lipinski definition) is 1. The Morgan fingerprint density at radius 1 is 1.43 bits per heavy atom. The normalized spacial score (nSPS) is 11.6. The van der Waals surface area contributed by atoms with Crippen LogP contribution >= 0.6 is 11.6 Å². The maximum absolute atomic E-state index is 12.3. The van der Waals surface area contributed by atoms with Gasteiger partial charge in [-0.05, 0) is 38.5 Å². The van der Waals surface area contributed by atoms with E-state index in [1.54, 1.807) is 18.2 Å². The lowest BCUT2D eigenvalue weighted by molar-refractivity contribution is -0.123. The Balaban J connectivity index is 2.28. The summed E-state index contributed by atoms with van der Waals surface area (Å²) in [7, 11) is 0. The number of amides is 1. The minimum absolute atomic E-state index is 0.0478. The molecule has 0 fully saturated rings. The lowest BCUT2D eigenvalue weighted by Crippen LogP contribution is -2.45. The molecule has 0 atom stereocenters. The molecule has 1 aromatic heterocycles. The lowest BCUT2D eigenvalue weighted by Gasteiger charge is -2.24. The molecule has 0 spiro atoms. The molecule has 0 radical (unpaired) electrons. The summed E-state index contributed by atoms with van der Waals surface area (Å²) in [6.45, 7) is 5.82. The molecule has 1 N–H and O–H groups in total. The average molecular weight is 308 g/mol. The quantitative estimate of drug-likeness (QED) is 0.943. The van der Waals surface area contributed by atoms with Crippen LogP contribution in [0.5, 0.6) is 0 Å². The summed E-state index contributed by atoms with van der Waals surface area (Å²) in [5.41, 5.74) is -0.0162. The molecule has 0 saturated carbocycles. The van der Waals surface area contributed by atoms with Crippen LogP contribution < -0.4 is 10.9 Å². The molecule has 2 rings (SSSR count). The van der Waals surface area contributed by atoms with Crippen LogP contribution in [0.1, 0.15) is 27.2 Å². The second-order valence-corrected chi connectivity index (χ2v) is 6.06. The molecule has 1 amide bonds. The van der Waals surface area contributed by atoms with Gasteiger partial charge in [0.2, 0.25) is 5.91 Å². The second-order valence-electron chi connectivity index (χ2n) is 5.62. The number of carbonyl (C=O) groups is 1. The van der Waals surface area contributed by atoms with E-state index in [1.165, 1.54) is 10.9 Å². The number of nitrogens with zero attached hydrogens (tertiary/aromatic N) is 2. The van der Waals surface area contributed by atoms with Gasteiger partial charge < -0.3 is 5.32 Å². The third-order valence-electron chi connectivity index (χ3n) is 3.46. The van der Waals surface area contributed by atoms with Crippen molar-refractivity contribution in [1.29, 1.82) is 0 Å².